The molecule has 1 fully saturated rings. The molecule has 1 amide bonds. The Kier molecular flexibility index (Phi) is 7.66. The lowest BCUT2D eigenvalue weighted by atomic mass is 9.98. The first-order valence-corrected chi connectivity index (χ1v) is 11.3. The summed E-state index contributed by atoms with van der Waals surface area (Å²) in [5.41, 5.74) is 2.87. The highest BCUT2D eigenvalue weighted by Crippen LogP contribution is 2.32. The van der Waals surface area contributed by atoms with Crippen LogP contribution >= 0.6 is 0 Å². The van der Waals surface area contributed by atoms with E-state index >= 15 is 0 Å². The topological polar surface area (TPSA) is 115 Å². The van der Waals surface area contributed by atoms with Gasteiger partial charge in [-0.1, -0.05) is 12.1 Å². The van der Waals surface area contributed by atoms with Gasteiger partial charge >= 0.3 is 12.2 Å². The van der Waals surface area contributed by atoms with Crippen molar-refractivity contribution in [3.63, 3.8) is 0 Å². The average molecular weight is 506 g/mol. The van der Waals surface area contributed by atoms with Crippen molar-refractivity contribution in [1.82, 2.24) is 20.2 Å². The predicted molar refractivity (Wildman–Crippen MR) is 125 cm³/mol. The summed E-state index contributed by atoms with van der Waals surface area (Å²) in [6.45, 7) is -0.369. The quantitative estimate of drug-likeness (QED) is 0.519. The van der Waals surface area contributed by atoms with Crippen LogP contribution in [0.2, 0.25) is 0 Å². The Morgan fingerprint density at radius 1 is 1.03 bits per heavy atom. The number of ether oxygens (including phenoxy) is 1. The maximum atomic E-state index is 12.7. The molecule has 2 aromatic carbocycles. The fourth-order valence-corrected chi connectivity index (χ4v) is 4.15. The first kappa shape index (κ1) is 25.6. The molecule has 4 rings (SSSR count). The molecule has 0 saturated carbocycles. The monoisotopic (exact) mass is 506 g/mol. The van der Waals surface area contributed by atoms with Crippen LogP contribution in [0.4, 0.5) is 13.2 Å². The normalized spacial score (nSPS) is 16.4. The molecule has 0 spiro atoms. The number of likely N-dealkylation sites (tertiary alicyclic amines) is 1. The first-order valence-electron chi connectivity index (χ1n) is 11.3. The lowest BCUT2D eigenvalue weighted by Crippen LogP contribution is -2.38. The van der Waals surface area contributed by atoms with Crippen molar-refractivity contribution in [2.75, 3.05) is 19.7 Å². The van der Waals surface area contributed by atoms with Gasteiger partial charge < -0.3 is 10.1 Å². The highest BCUT2D eigenvalue weighted by atomic mass is 19.4. The number of aromatic nitrogens is 2. The molecule has 1 unspecified atom stereocenters. The van der Waals surface area contributed by atoms with Crippen molar-refractivity contribution in [1.29, 1.82) is 10.5 Å². The molecule has 188 valence electrons. The van der Waals surface area contributed by atoms with Crippen LogP contribution in [-0.4, -0.2) is 52.7 Å². The number of carbonyl (C=O) groups is 1. The van der Waals surface area contributed by atoms with Crippen LogP contribution in [0, 0.1) is 22.7 Å². The summed E-state index contributed by atoms with van der Waals surface area (Å²) in [7, 11) is 0. The third kappa shape index (κ3) is 6.60. The predicted octanol–water partition coefficient (Wildman–Crippen LogP) is 3.75. The van der Waals surface area contributed by atoms with E-state index in [1.54, 1.807) is 48.5 Å². The smallest absolute Gasteiger partial charge is 0.422 e. The summed E-state index contributed by atoms with van der Waals surface area (Å²) >= 11 is 0. The van der Waals surface area contributed by atoms with Crippen LogP contribution in [0.15, 0.2) is 60.9 Å². The van der Waals surface area contributed by atoms with Gasteiger partial charge in [-0.15, -0.1) is 0 Å². The molecule has 2 atom stereocenters. The SMILES string of the molecule is N#Cc1ccc(C(=O)N[C@@H]2CCN(C(c3ccc(C#N)cc3)c3cnc(OCC(F)(F)F)nc3)C2)cc1. The van der Waals surface area contributed by atoms with E-state index in [9.17, 15) is 18.0 Å². The van der Waals surface area contributed by atoms with Crippen LogP contribution < -0.4 is 10.1 Å². The number of alkyl halides is 3. The second kappa shape index (κ2) is 11.1. The highest BCUT2D eigenvalue weighted by Gasteiger charge is 2.32. The maximum Gasteiger partial charge on any atom is 0.422 e. The van der Waals surface area contributed by atoms with E-state index in [-0.39, 0.29) is 24.0 Å². The molecule has 1 N–H and O–H groups in total. The van der Waals surface area contributed by atoms with Gasteiger partial charge in [-0.2, -0.15) is 23.7 Å². The molecule has 0 radical (unpaired) electrons. The summed E-state index contributed by atoms with van der Waals surface area (Å²) in [5.74, 6) is -0.249. The van der Waals surface area contributed by atoms with Crippen LogP contribution in [0.5, 0.6) is 6.01 Å². The lowest BCUT2D eigenvalue weighted by Gasteiger charge is -2.28. The van der Waals surface area contributed by atoms with Gasteiger partial charge in [0.05, 0.1) is 29.3 Å². The molecule has 2 heterocycles. The molecule has 1 saturated heterocycles. The molecule has 8 nitrogen and oxygen atoms in total. The number of halogens is 3. The Balaban J connectivity index is 1.51. The Labute approximate surface area is 210 Å². The average Bonchev–Trinajstić information content (AvgIpc) is 3.36. The van der Waals surface area contributed by atoms with Gasteiger partial charge in [0, 0.05) is 42.7 Å². The van der Waals surface area contributed by atoms with Crippen LogP contribution in [0.25, 0.3) is 0 Å². The number of amides is 1. The maximum absolute atomic E-state index is 12.7. The molecule has 0 bridgehead atoms. The van der Waals surface area contributed by atoms with Gasteiger partial charge in [-0.25, -0.2) is 9.97 Å². The van der Waals surface area contributed by atoms with Crippen molar-refractivity contribution >= 4 is 5.91 Å². The number of rotatable bonds is 7. The zero-order chi connectivity index (χ0) is 26.4. The van der Waals surface area contributed by atoms with Crippen molar-refractivity contribution in [3.8, 4) is 18.1 Å². The number of hydrogen-bond donors (Lipinski definition) is 1. The van der Waals surface area contributed by atoms with E-state index in [0.29, 0.717) is 41.8 Å². The summed E-state index contributed by atoms with van der Waals surface area (Å²) in [5, 5.41) is 21.1. The van der Waals surface area contributed by atoms with Gasteiger partial charge in [-0.05, 0) is 48.4 Å². The third-order valence-corrected chi connectivity index (χ3v) is 5.88. The Morgan fingerprint density at radius 3 is 2.19 bits per heavy atom. The summed E-state index contributed by atoms with van der Waals surface area (Å²) in [6.07, 6.45) is -0.989. The minimum atomic E-state index is -4.50. The van der Waals surface area contributed by atoms with E-state index in [0.717, 1.165) is 5.56 Å². The van der Waals surface area contributed by atoms with E-state index in [1.165, 1.54) is 12.4 Å². The summed E-state index contributed by atoms with van der Waals surface area (Å²) < 4.78 is 42.0. The van der Waals surface area contributed by atoms with Gasteiger partial charge in [0.25, 0.3) is 5.91 Å². The zero-order valence-electron chi connectivity index (χ0n) is 19.4. The van der Waals surface area contributed by atoms with Gasteiger partial charge in [0.1, 0.15) is 0 Å². The van der Waals surface area contributed by atoms with Gasteiger partial charge in [-0.3, -0.25) is 9.69 Å². The second-order valence-electron chi connectivity index (χ2n) is 8.48. The molecule has 1 aliphatic heterocycles. The van der Waals surface area contributed by atoms with E-state index in [1.807, 2.05) is 6.07 Å². The van der Waals surface area contributed by atoms with Crippen LogP contribution in [0.1, 0.15) is 45.1 Å². The van der Waals surface area contributed by atoms with Crippen LogP contribution in [0.3, 0.4) is 0 Å². The Hall–Kier alpha value is -4.48. The number of nitriles is 2. The summed E-state index contributed by atoms with van der Waals surface area (Å²) in [6, 6.07) is 16.5. The highest BCUT2D eigenvalue weighted by molar-refractivity contribution is 5.94. The van der Waals surface area contributed by atoms with Crippen molar-refractivity contribution in [2.24, 2.45) is 0 Å². The molecule has 37 heavy (non-hydrogen) atoms. The Morgan fingerprint density at radius 2 is 1.62 bits per heavy atom. The minimum absolute atomic E-state index is 0.153. The summed E-state index contributed by atoms with van der Waals surface area (Å²) in [4.78, 5) is 22.7. The minimum Gasteiger partial charge on any atom is -0.454 e. The van der Waals surface area contributed by atoms with Gasteiger partial charge in [0.2, 0.25) is 0 Å². The third-order valence-electron chi connectivity index (χ3n) is 5.88. The van der Waals surface area contributed by atoms with Crippen LogP contribution in [-0.2, 0) is 0 Å². The number of nitrogens with zero attached hydrogens (tertiary/aromatic N) is 5. The number of benzene rings is 2. The molecule has 3 aromatic rings. The second-order valence-corrected chi connectivity index (χ2v) is 8.48. The van der Waals surface area contributed by atoms with E-state index in [2.05, 4.69) is 31.0 Å². The van der Waals surface area contributed by atoms with Gasteiger partial charge in [0.15, 0.2) is 6.61 Å². The zero-order valence-corrected chi connectivity index (χ0v) is 19.4. The Bertz CT molecular complexity index is 1310. The molecular weight excluding hydrogens is 485 g/mol. The molecular formula is C26H21F3N6O2. The molecule has 11 heteroatoms. The van der Waals surface area contributed by atoms with Crippen molar-refractivity contribution < 1.29 is 22.7 Å². The molecule has 1 aromatic heterocycles. The van der Waals surface area contributed by atoms with E-state index < -0.39 is 12.8 Å². The fourth-order valence-electron chi connectivity index (χ4n) is 4.15. The van der Waals surface area contributed by atoms with Crippen molar-refractivity contribution in [2.45, 2.75) is 24.7 Å². The molecule has 1 aliphatic rings. The van der Waals surface area contributed by atoms with E-state index in [4.69, 9.17) is 10.5 Å². The number of nitrogens with one attached hydrogen (secondary N) is 1. The molecule has 0 aliphatic carbocycles. The fraction of sp³-hybridized carbons (Fsp3) is 0.269. The number of hydrogen-bond acceptors (Lipinski definition) is 7. The largest absolute Gasteiger partial charge is 0.454 e. The first-order chi connectivity index (χ1) is 17.8. The standard InChI is InChI=1S/C26H21F3N6O2/c27-26(28,29)16-37-25-32-13-21(14-33-25)23(19-5-1-17(11-30)2-6-19)35-10-9-22(15-35)34-24(36)20-7-3-18(12-31)4-8-20/h1-8,13-14,22-23H,9-10,15-16H2,(H,34,36)/t22-,23?/m1/s1. The van der Waals surface area contributed by atoms with Crippen molar-refractivity contribution in [3.05, 3.63) is 88.7 Å². The number of carbonyl (C=O) groups excluding carboxylic acids is 1. The lowest BCUT2D eigenvalue weighted by molar-refractivity contribution is -0.154.